The van der Waals surface area contributed by atoms with Crippen molar-refractivity contribution in [1.29, 1.82) is 0 Å². The van der Waals surface area contributed by atoms with Crippen molar-refractivity contribution in [1.82, 2.24) is 15.5 Å². The molecule has 126 valence electrons. The predicted molar refractivity (Wildman–Crippen MR) is 98.7 cm³/mol. The molecule has 0 unspecified atom stereocenters. The lowest BCUT2D eigenvalue weighted by molar-refractivity contribution is 0.0921. The van der Waals surface area contributed by atoms with Crippen LogP contribution in [0.5, 0.6) is 0 Å². The lowest BCUT2D eigenvalue weighted by atomic mass is 10.0. The Balaban J connectivity index is 1.80. The number of aryl methyl sites for hydroxylation is 1. The Labute approximate surface area is 144 Å². The molecule has 1 amide bonds. The van der Waals surface area contributed by atoms with Crippen molar-refractivity contribution < 1.29 is 4.79 Å². The Hall–Kier alpha value is -1.62. The van der Waals surface area contributed by atoms with Crippen LogP contribution in [0.2, 0.25) is 0 Å². The lowest BCUT2D eigenvalue weighted by Gasteiger charge is -2.34. The summed E-state index contributed by atoms with van der Waals surface area (Å²) in [7, 11) is 0. The topological polar surface area (TPSA) is 44.4 Å². The van der Waals surface area contributed by atoms with Crippen molar-refractivity contribution in [3.63, 3.8) is 0 Å². The van der Waals surface area contributed by atoms with Gasteiger partial charge in [0, 0.05) is 31.2 Å². The number of hydrogen-bond donors (Lipinski definition) is 2. The van der Waals surface area contributed by atoms with Crippen molar-refractivity contribution in [2.45, 2.75) is 39.7 Å². The van der Waals surface area contributed by atoms with Crippen molar-refractivity contribution in [3.8, 4) is 0 Å². The van der Waals surface area contributed by atoms with Crippen LogP contribution in [0.4, 0.5) is 0 Å². The van der Waals surface area contributed by atoms with Crippen LogP contribution in [0.25, 0.3) is 0 Å². The first-order valence-electron chi connectivity index (χ1n) is 8.36. The number of carbonyl (C=O) groups is 1. The number of nitrogens with zero attached hydrogens (tertiary/aromatic N) is 1. The molecular formula is C18H27N3OS. The summed E-state index contributed by atoms with van der Waals surface area (Å²) >= 11 is 5.44. The summed E-state index contributed by atoms with van der Waals surface area (Å²) in [6, 6.07) is 7.94. The van der Waals surface area contributed by atoms with Crippen molar-refractivity contribution in [3.05, 3.63) is 35.4 Å². The Kier molecular flexibility index (Phi) is 6.39. The van der Waals surface area contributed by atoms with Crippen LogP contribution >= 0.6 is 12.2 Å². The summed E-state index contributed by atoms with van der Waals surface area (Å²) in [4.78, 5) is 14.6. The van der Waals surface area contributed by atoms with Crippen LogP contribution in [0.3, 0.4) is 0 Å². The van der Waals surface area contributed by atoms with Gasteiger partial charge in [-0.05, 0) is 49.5 Å². The molecule has 4 nitrogen and oxygen atoms in total. The highest BCUT2D eigenvalue weighted by molar-refractivity contribution is 7.80. The van der Waals surface area contributed by atoms with E-state index < -0.39 is 0 Å². The fourth-order valence-corrected chi connectivity index (χ4v) is 2.99. The summed E-state index contributed by atoms with van der Waals surface area (Å²) in [5.74, 6) is 0.612. The average Bonchev–Trinajstić information content (AvgIpc) is 2.53. The zero-order valence-electron chi connectivity index (χ0n) is 14.3. The van der Waals surface area contributed by atoms with Gasteiger partial charge in [-0.1, -0.05) is 32.0 Å². The third-order valence-corrected chi connectivity index (χ3v) is 4.57. The van der Waals surface area contributed by atoms with Crippen LogP contribution in [-0.2, 0) is 0 Å². The van der Waals surface area contributed by atoms with E-state index in [0.29, 0.717) is 5.92 Å². The minimum atomic E-state index is 0.0297. The fraction of sp³-hybridized carbons (Fsp3) is 0.556. The van der Waals surface area contributed by atoms with Crippen LogP contribution in [0.15, 0.2) is 24.3 Å². The average molecular weight is 334 g/mol. The number of benzene rings is 1. The quantitative estimate of drug-likeness (QED) is 0.832. The van der Waals surface area contributed by atoms with E-state index in [1.165, 1.54) is 0 Å². The second-order valence-corrected chi connectivity index (χ2v) is 7.02. The van der Waals surface area contributed by atoms with Crippen molar-refractivity contribution >= 4 is 23.2 Å². The zero-order chi connectivity index (χ0) is 16.8. The minimum Gasteiger partial charge on any atom is -0.362 e. The molecule has 1 saturated heterocycles. The Morgan fingerprint density at radius 2 is 1.96 bits per heavy atom. The molecule has 23 heavy (non-hydrogen) atoms. The smallest absolute Gasteiger partial charge is 0.251 e. The maximum absolute atomic E-state index is 12.4. The van der Waals surface area contributed by atoms with E-state index in [-0.39, 0.29) is 11.9 Å². The van der Waals surface area contributed by atoms with E-state index in [1.54, 1.807) is 0 Å². The normalized spacial score (nSPS) is 15.6. The molecule has 1 heterocycles. The summed E-state index contributed by atoms with van der Waals surface area (Å²) in [5, 5.41) is 7.30. The van der Waals surface area contributed by atoms with E-state index in [2.05, 4.69) is 29.4 Å². The van der Waals surface area contributed by atoms with E-state index >= 15 is 0 Å². The SMILES string of the molecule is Cc1ccccc1C(=O)NC1CCN(C(=S)NCC(C)C)CC1. The molecule has 2 rings (SSSR count). The molecule has 0 aromatic heterocycles. The van der Waals surface area contributed by atoms with Gasteiger partial charge in [0.2, 0.25) is 0 Å². The van der Waals surface area contributed by atoms with E-state index in [0.717, 1.165) is 48.7 Å². The van der Waals surface area contributed by atoms with Gasteiger partial charge in [0.1, 0.15) is 0 Å². The number of likely N-dealkylation sites (tertiary alicyclic amines) is 1. The number of piperidine rings is 1. The molecule has 1 aliphatic rings. The molecule has 0 spiro atoms. The third-order valence-electron chi connectivity index (χ3n) is 4.17. The van der Waals surface area contributed by atoms with Gasteiger partial charge in [-0.2, -0.15) is 0 Å². The molecule has 0 aliphatic carbocycles. The van der Waals surface area contributed by atoms with Gasteiger partial charge < -0.3 is 15.5 Å². The van der Waals surface area contributed by atoms with Gasteiger partial charge in [0.05, 0.1) is 0 Å². The summed E-state index contributed by atoms with van der Waals surface area (Å²) in [5.41, 5.74) is 1.78. The molecule has 0 atom stereocenters. The van der Waals surface area contributed by atoms with Crippen LogP contribution in [0, 0.1) is 12.8 Å². The van der Waals surface area contributed by atoms with Crippen molar-refractivity contribution in [2.24, 2.45) is 5.92 Å². The van der Waals surface area contributed by atoms with Crippen molar-refractivity contribution in [2.75, 3.05) is 19.6 Å². The molecule has 1 aromatic rings. The number of amides is 1. The van der Waals surface area contributed by atoms with E-state index in [9.17, 15) is 4.79 Å². The first kappa shape index (κ1) is 17.7. The molecule has 2 N–H and O–H groups in total. The lowest BCUT2D eigenvalue weighted by Crippen LogP contribution is -2.49. The van der Waals surface area contributed by atoms with Crippen LogP contribution in [-0.4, -0.2) is 41.6 Å². The van der Waals surface area contributed by atoms with Crippen LogP contribution in [0.1, 0.15) is 42.6 Å². The molecular weight excluding hydrogens is 306 g/mol. The van der Waals surface area contributed by atoms with Gasteiger partial charge in [-0.15, -0.1) is 0 Å². The summed E-state index contributed by atoms with van der Waals surface area (Å²) < 4.78 is 0. The second-order valence-electron chi connectivity index (χ2n) is 6.63. The van der Waals surface area contributed by atoms with Gasteiger partial charge in [0.15, 0.2) is 5.11 Å². The molecule has 1 aromatic carbocycles. The number of carbonyl (C=O) groups excluding carboxylic acids is 1. The van der Waals surface area contributed by atoms with E-state index in [4.69, 9.17) is 12.2 Å². The highest BCUT2D eigenvalue weighted by Gasteiger charge is 2.22. The van der Waals surface area contributed by atoms with Gasteiger partial charge in [-0.3, -0.25) is 4.79 Å². The maximum Gasteiger partial charge on any atom is 0.251 e. The number of thiocarbonyl (C=S) groups is 1. The number of rotatable bonds is 4. The number of nitrogens with one attached hydrogen (secondary N) is 2. The second kappa shape index (κ2) is 8.29. The number of hydrogen-bond acceptors (Lipinski definition) is 2. The predicted octanol–water partition coefficient (Wildman–Crippen LogP) is 2.72. The molecule has 1 aliphatic heterocycles. The molecule has 0 radical (unpaired) electrons. The monoisotopic (exact) mass is 333 g/mol. The van der Waals surface area contributed by atoms with Crippen LogP contribution < -0.4 is 10.6 Å². The largest absolute Gasteiger partial charge is 0.362 e. The molecule has 0 saturated carbocycles. The highest BCUT2D eigenvalue weighted by atomic mass is 32.1. The Morgan fingerprint density at radius 1 is 1.30 bits per heavy atom. The van der Waals surface area contributed by atoms with Gasteiger partial charge in [0.25, 0.3) is 5.91 Å². The maximum atomic E-state index is 12.4. The summed E-state index contributed by atoms with van der Waals surface area (Å²) in [6.07, 6.45) is 1.86. The molecule has 0 bridgehead atoms. The van der Waals surface area contributed by atoms with E-state index in [1.807, 2.05) is 31.2 Å². The van der Waals surface area contributed by atoms with Gasteiger partial charge >= 0.3 is 0 Å². The zero-order valence-corrected chi connectivity index (χ0v) is 15.1. The third kappa shape index (κ3) is 5.20. The first-order valence-corrected chi connectivity index (χ1v) is 8.77. The highest BCUT2D eigenvalue weighted by Crippen LogP contribution is 2.13. The van der Waals surface area contributed by atoms with Gasteiger partial charge in [-0.25, -0.2) is 0 Å². The standard InChI is InChI=1S/C18H27N3OS/c1-13(2)12-19-18(23)21-10-8-15(9-11-21)20-17(22)16-7-5-4-6-14(16)3/h4-7,13,15H,8-12H2,1-3H3,(H,19,23)(H,20,22). The summed E-state index contributed by atoms with van der Waals surface area (Å²) in [6.45, 7) is 9.00. The first-order chi connectivity index (χ1) is 11.0. The Morgan fingerprint density at radius 3 is 2.57 bits per heavy atom. The minimum absolute atomic E-state index is 0.0297. The molecule has 1 fully saturated rings. The molecule has 5 heteroatoms. The Bertz CT molecular complexity index is 551. The fourth-order valence-electron chi connectivity index (χ4n) is 2.72.